The van der Waals surface area contributed by atoms with Crippen LogP contribution in [-0.4, -0.2) is 21.7 Å². The highest BCUT2D eigenvalue weighted by atomic mass is 19.1. The van der Waals surface area contributed by atoms with E-state index in [4.69, 9.17) is 0 Å². The van der Waals surface area contributed by atoms with Gasteiger partial charge in [-0.25, -0.2) is 13.8 Å². The van der Waals surface area contributed by atoms with Gasteiger partial charge in [-0.05, 0) is 55.5 Å². The monoisotopic (exact) mass is 403 g/mol. The van der Waals surface area contributed by atoms with Crippen LogP contribution in [0.5, 0.6) is 0 Å². The van der Waals surface area contributed by atoms with Gasteiger partial charge in [0.2, 0.25) is 0 Å². The predicted molar refractivity (Wildman–Crippen MR) is 108 cm³/mol. The van der Waals surface area contributed by atoms with E-state index in [1.54, 1.807) is 31.3 Å². The number of nitrogens with one attached hydrogen (secondary N) is 1. The third-order valence-electron chi connectivity index (χ3n) is 4.50. The van der Waals surface area contributed by atoms with E-state index < -0.39 is 23.3 Å². The molecule has 0 radical (unpaired) electrons. The molecule has 0 aliphatic rings. The van der Waals surface area contributed by atoms with Crippen molar-refractivity contribution in [3.8, 4) is 0 Å². The Balaban J connectivity index is 1.65. The van der Waals surface area contributed by atoms with Crippen molar-refractivity contribution >= 4 is 28.4 Å². The van der Waals surface area contributed by atoms with Crippen molar-refractivity contribution in [1.29, 1.82) is 0 Å². The van der Waals surface area contributed by atoms with Gasteiger partial charge < -0.3 is 5.32 Å². The Hall–Kier alpha value is -4.00. The third kappa shape index (κ3) is 3.77. The molecule has 4 aromatic rings. The van der Waals surface area contributed by atoms with Crippen molar-refractivity contribution in [2.45, 2.75) is 6.92 Å². The Kier molecular flexibility index (Phi) is 5.02. The largest absolute Gasteiger partial charge is 0.319 e. The van der Waals surface area contributed by atoms with Crippen LogP contribution in [0.2, 0.25) is 0 Å². The van der Waals surface area contributed by atoms with Crippen LogP contribution in [-0.2, 0) is 0 Å². The molecule has 0 bridgehead atoms. The molecule has 1 aromatic heterocycles. The number of nitrogens with zero attached hydrogens (tertiary/aromatic N) is 2. The number of amides is 1. The second-order valence-electron chi connectivity index (χ2n) is 6.68. The number of fused-ring (bicyclic) bond motifs is 1. The number of halogens is 2. The van der Waals surface area contributed by atoms with E-state index in [1.165, 1.54) is 36.4 Å². The van der Waals surface area contributed by atoms with Gasteiger partial charge >= 0.3 is 0 Å². The van der Waals surface area contributed by atoms with Gasteiger partial charge in [0.05, 0.1) is 28.0 Å². The van der Waals surface area contributed by atoms with Crippen molar-refractivity contribution in [3.63, 3.8) is 0 Å². The molecule has 7 heteroatoms. The lowest BCUT2D eigenvalue weighted by Gasteiger charge is -2.10. The summed E-state index contributed by atoms with van der Waals surface area (Å²) in [4.78, 5) is 33.8. The molecule has 1 heterocycles. The molecule has 0 saturated heterocycles. The van der Waals surface area contributed by atoms with Gasteiger partial charge in [-0.15, -0.1) is 0 Å². The van der Waals surface area contributed by atoms with Gasteiger partial charge in [0.1, 0.15) is 5.82 Å². The standard InChI is InChI=1S/C23H15F2N3O2/c1-13-12-26-18-9-8-14(11-20(18)27-13)22(29)17-6-3-7-19(21(17)25)28-23(30)15-4-2-5-16(24)10-15/h2-12H,1H3,(H,28,30). The lowest BCUT2D eigenvalue weighted by molar-refractivity contribution is 0.101. The van der Waals surface area contributed by atoms with Gasteiger partial charge in [0, 0.05) is 17.3 Å². The maximum atomic E-state index is 15.0. The zero-order valence-electron chi connectivity index (χ0n) is 15.8. The number of benzene rings is 3. The summed E-state index contributed by atoms with van der Waals surface area (Å²) in [5, 5.41) is 2.38. The molecular formula is C23H15F2N3O2. The summed E-state index contributed by atoms with van der Waals surface area (Å²) < 4.78 is 28.3. The summed E-state index contributed by atoms with van der Waals surface area (Å²) in [6.45, 7) is 1.78. The van der Waals surface area contributed by atoms with Crippen LogP contribution in [0.15, 0.2) is 66.9 Å². The van der Waals surface area contributed by atoms with Crippen molar-refractivity contribution in [3.05, 3.63) is 101 Å². The fraction of sp³-hybridized carbons (Fsp3) is 0.0435. The Morgan fingerprint density at radius 2 is 1.70 bits per heavy atom. The summed E-state index contributed by atoms with van der Waals surface area (Å²) in [6.07, 6.45) is 1.62. The van der Waals surface area contributed by atoms with E-state index in [2.05, 4.69) is 15.3 Å². The zero-order chi connectivity index (χ0) is 21.3. The number of anilines is 1. The summed E-state index contributed by atoms with van der Waals surface area (Å²) in [5.41, 5.74) is 1.74. The summed E-state index contributed by atoms with van der Waals surface area (Å²) >= 11 is 0. The first-order chi connectivity index (χ1) is 14.4. The fourth-order valence-corrected chi connectivity index (χ4v) is 3.03. The quantitative estimate of drug-likeness (QED) is 0.502. The van der Waals surface area contributed by atoms with E-state index in [9.17, 15) is 14.0 Å². The topological polar surface area (TPSA) is 72.0 Å². The number of aryl methyl sites for hydroxylation is 1. The van der Waals surface area contributed by atoms with Crippen molar-refractivity contribution < 1.29 is 18.4 Å². The molecule has 1 amide bonds. The molecule has 0 aliphatic carbocycles. The van der Waals surface area contributed by atoms with Crippen LogP contribution in [0.4, 0.5) is 14.5 Å². The van der Waals surface area contributed by atoms with E-state index >= 15 is 4.39 Å². The number of ketones is 1. The molecule has 148 valence electrons. The van der Waals surface area contributed by atoms with Crippen LogP contribution >= 0.6 is 0 Å². The minimum absolute atomic E-state index is 0.0367. The van der Waals surface area contributed by atoms with Gasteiger partial charge in [-0.2, -0.15) is 0 Å². The number of rotatable bonds is 4. The molecule has 4 rings (SSSR count). The molecule has 3 aromatic carbocycles. The van der Waals surface area contributed by atoms with Crippen LogP contribution in [0, 0.1) is 18.6 Å². The normalized spacial score (nSPS) is 10.8. The fourth-order valence-electron chi connectivity index (χ4n) is 3.03. The number of carbonyl (C=O) groups excluding carboxylic acids is 2. The second kappa shape index (κ2) is 7.79. The molecule has 5 nitrogen and oxygen atoms in total. The summed E-state index contributed by atoms with van der Waals surface area (Å²) in [6, 6.07) is 13.9. The highest BCUT2D eigenvalue weighted by Crippen LogP contribution is 2.23. The van der Waals surface area contributed by atoms with Gasteiger partial charge in [-0.1, -0.05) is 12.1 Å². The average molecular weight is 403 g/mol. The Bertz CT molecular complexity index is 1300. The molecule has 0 fully saturated rings. The van der Waals surface area contributed by atoms with E-state index in [0.717, 1.165) is 6.07 Å². The van der Waals surface area contributed by atoms with Gasteiger partial charge in [0.25, 0.3) is 5.91 Å². The predicted octanol–water partition coefficient (Wildman–Crippen LogP) is 4.70. The Morgan fingerprint density at radius 1 is 0.900 bits per heavy atom. The molecule has 1 N–H and O–H groups in total. The number of aromatic nitrogens is 2. The molecular weight excluding hydrogens is 388 g/mol. The number of hydrogen-bond acceptors (Lipinski definition) is 4. The lowest BCUT2D eigenvalue weighted by Crippen LogP contribution is -2.15. The van der Waals surface area contributed by atoms with Crippen molar-refractivity contribution in [2.75, 3.05) is 5.32 Å². The smallest absolute Gasteiger partial charge is 0.255 e. The van der Waals surface area contributed by atoms with Crippen molar-refractivity contribution in [1.82, 2.24) is 9.97 Å². The maximum absolute atomic E-state index is 15.0. The molecule has 30 heavy (non-hydrogen) atoms. The summed E-state index contributed by atoms with van der Waals surface area (Å²) in [7, 11) is 0. The molecule has 0 spiro atoms. The van der Waals surface area contributed by atoms with Crippen LogP contribution in [0.1, 0.15) is 32.0 Å². The van der Waals surface area contributed by atoms with Crippen LogP contribution in [0.3, 0.4) is 0 Å². The van der Waals surface area contributed by atoms with Gasteiger partial charge in [0.15, 0.2) is 11.6 Å². The maximum Gasteiger partial charge on any atom is 0.255 e. The zero-order valence-corrected chi connectivity index (χ0v) is 15.8. The highest BCUT2D eigenvalue weighted by molar-refractivity contribution is 6.11. The molecule has 0 unspecified atom stereocenters. The Morgan fingerprint density at radius 3 is 2.50 bits per heavy atom. The molecule has 0 atom stereocenters. The Labute approximate surface area is 170 Å². The summed E-state index contributed by atoms with van der Waals surface area (Å²) in [5.74, 6) is -2.70. The SMILES string of the molecule is Cc1cnc2ccc(C(=O)c3cccc(NC(=O)c4cccc(F)c4)c3F)cc2n1. The minimum Gasteiger partial charge on any atom is -0.319 e. The minimum atomic E-state index is -0.873. The first-order valence-corrected chi connectivity index (χ1v) is 9.06. The average Bonchev–Trinajstić information content (AvgIpc) is 2.74. The van der Waals surface area contributed by atoms with E-state index in [0.29, 0.717) is 16.7 Å². The van der Waals surface area contributed by atoms with Crippen LogP contribution in [0.25, 0.3) is 11.0 Å². The second-order valence-corrected chi connectivity index (χ2v) is 6.68. The van der Waals surface area contributed by atoms with E-state index in [-0.39, 0.29) is 22.4 Å². The highest BCUT2D eigenvalue weighted by Gasteiger charge is 2.19. The molecule has 0 saturated carbocycles. The van der Waals surface area contributed by atoms with Crippen LogP contribution < -0.4 is 5.32 Å². The van der Waals surface area contributed by atoms with Crippen molar-refractivity contribution in [2.24, 2.45) is 0 Å². The molecule has 0 aliphatic heterocycles. The first-order valence-electron chi connectivity index (χ1n) is 9.06. The lowest BCUT2D eigenvalue weighted by atomic mass is 10.0. The van der Waals surface area contributed by atoms with Gasteiger partial charge in [-0.3, -0.25) is 14.6 Å². The third-order valence-corrected chi connectivity index (χ3v) is 4.50. The number of hydrogen-bond donors (Lipinski definition) is 1. The number of carbonyl (C=O) groups is 2. The first kappa shape index (κ1) is 19.3. The van der Waals surface area contributed by atoms with E-state index in [1.807, 2.05) is 0 Å².